The van der Waals surface area contributed by atoms with Crippen LogP contribution in [0.4, 0.5) is 5.69 Å². The normalized spacial score (nSPS) is 16.2. The van der Waals surface area contributed by atoms with Crippen LogP contribution < -0.4 is 14.4 Å². The van der Waals surface area contributed by atoms with Crippen molar-refractivity contribution in [3.05, 3.63) is 54.1 Å². The van der Waals surface area contributed by atoms with Crippen LogP contribution in [0.3, 0.4) is 0 Å². The molecule has 1 fully saturated rings. The molecule has 2 aliphatic heterocycles. The molecule has 4 rings (SSSR count). The molecular formula is C25H31N3O5. The van der Waals surface area contributed by atoms with Crippen molar-refractivity contribution in [3.63, 3.8) is 0 Å². The Morgan fingerprint density at radius 2 is 1.85 bits per heavy atom. The van der Waals surface area contributed by atoms with E-state index in [9.17, 15) is 9.59 Å². The predicted octanol–water partition coefficient (Wildman–Crippen LogP) is 2.17. The van der Waals surface area contributed by atoms with Crippen molar-refractivity contribution in [1.29, 1.82) is 0 Å². The predicted molar refractivity (Wildman–Crippen MR) is 125 cm³/mol. The summed E-state index contributed by atoms with van der Waals surface area (Å²) < 4.78 is 16.2. The van der Waals surface area contributed by atoms with Crippen LogP contribution >= 0.6 is 0 Å². The summed E-state index contributed by atoms with van der Waals surface area (Å²) >= 11 is 0. The second-order valence-electron chi connectivity index (χ2n) is 8.21. The molecule has 0 saturated carbocycles. The molecular weight excluding hydrogens is 422 g/mol. The number of rotatable bonds is 9. The van der Waals surface area contributed by atoms with E-state index in [1.165, 1.54) is 4.90 Å². The molecule has 8 nitrogen and oxygen atoms in total. The topological polar surface area (TPSA) is 71.6 Å². The van der Waals surface area contributed by atoms with Gasteiger partial charge < -0.3 is 19.1 Å². The van der Waals surface area contributed by atoms with E-state index in [4.69, 9.17) is 14.2 Å². The molecule has 2 aromatic rings. The third-order valence-corrected chi connectivity index (χ3v) is 5.99. The molecule has 2 aliphatic rings. The lowest BCUT2D eigenvalue weighted by atomic mass is 10.2. The highest BCUT2D eigenvalue weighted by atomic mass is 16.5. The quantitative estimate of drug-likeness (QED) is 0.580. The molecule has 0 atom stereocenters. The Balaban J connectivity index is 1.45. The van der Waals surface area contributed by atoms with Crippen molar-refractivity contribution < 1.29 is 23.8 Å². The van der Waals surface area contributed by atoms with E-state index in [0.29, 0.717) is 24.5 Å². The summed E-state index contributed by atoms with van der Waals surface area (Å²) in [5.41, 5.74) is 1.66. The Labute approximate surface area is 194 Å². The molecule has 0 bridgehead atoms. The lowest BCUT2D eigenvalue weighted by molar-refractivity contribution is -0.132. The average molecular weight is 454 g/mol. The first kappa shape index (κ1) is 23.1. The minimum Gasteiger partial charge on any atom is -0.497 e. The van der Waals surface area contributed by atoms with E-state index >= 15 is 0 Å². The molecule has 8 heteroatoms. The van der Waals surface area contributed by atoms with Gasteiger partial charge in [0.05, 0.1) is 26.0 Å². The molecule has 2 heterocycles. The van der Waals surface area contributed by atoms with E-state index in [1.54, 1.807) is 7.11 Å². The maximum Gasteiger partial charge on any atom is 0.265 e. The van der Waals surface area contributed by atoms with Crippen LogP contribution in [0, 0.1) is 0 Å². The van der Waals surface area contributed by atoms with Crippen molar-refractivity contribution in [1.82, 2.24) is 9.80 Å². The molecule has 0 spiro atoms. The monoisotopic (exact) mass is 453 g/mol. The maximum atomic E-state index is 13.4. The van der Waals surface area contributed by atoms with Crippen molar-refractivity contribution in [2.45, 2.75) is 13.0 Å². The number of nitrogens with zero attached hydrogens (tertiary/aromatic N) is 3. The van der Waals surface area contributed by atoms with Crippen LogP contribution in [0.1, 0.15) is 12.0 Å². The van der Waals surface area contributed by atoms with Gasteiger partial charge in [0, 0.05) is 32.7 Å². The zero-order chi connectivity index (χ0) is 23.0. The van der Waals surface area contributed by atoms with E-state index in [0.717, 1.165) is 50.6 Å². The number of methoxy groups -OCH3 is 1. The van der Waals surface area contributed by atoms with Gasteiger partial charge in [0.1, 0.15) is 18.0 Å². The fourth-order valence-electron chi connectivity index (χ4n) is 4.12. The number of hydrogen-bond donors (Lipinski definition) is 0. The number of hydrogen-bond acceptors (Lipinski definition) is 6. The van der Waals surface area contributed by atoms with Crippen LogP contribution in [-0.2, 0) is 20.9 Å². The molecule has 1 saturated heterocycles. The molecule has 0 radical (unpaired) electrons. The summed E-state index contributed by atoms with van der Waals surface area (Å²) in [5, 5.41) is 0. The third kappa shape index (κ3) is 6.03. The van der Waals surface area contributed by atoms with Crippen molar-refractivity contribution >= 4 is 17.5 Å². The lowest BCUT2D eigenvalue weighted by Crippen LogP contribution is -2.47. The van der Waals surface area contributed by atoms with Crippen molar-refractivity contribution in [3.8, 4) is 11.5 Å². The first-order chi connectivity index (χ1) is 16.1. The lowest BCUT2D eigenvalue weighted by Gasteiger charge is -2.32. The van der Waals surface area contributed by atoms with Crippen LogP contribution in [0.2, 0.25) is 0 Å². The van der Waals surface area contributed by atoms with Gasteiger partial charge in [-0.1, -0.05) is 24.3 Å². The summed E-state index contributed by atoms with van der Waals surface area (Å²) in [6.45, 7) is 5.30. The first-order valence-corrected chi connectivity index (χ1v) is 11.4. The van der Waals surface area contributed by atoms with Crippen LogP contribution in [0.15, 0.2) is 48.5 Å². The smallest absolute Gasteiger partial charge is 0.265 e. The molecule has 0 aliphatic carbocycles. The van der Waals surface area contributed by atoms with Gasteiger partial charge >= 0.3 is 0 Å². The Kier molecular flexibility index (Phi) is 7.80. The molecule has 0 unspecified atom stereocenters. The van der Waals surface area contributed by atoms with Crippen molar-refractivity contribution in [2.24, 2.45) is 0 Å². The standard InChI is InChI=1S/C25H31N3O5/c1-31-21-9-7-20(8-10-21)17-27(12-4-11-26-13-15-32-16-14-26)24(29)18-28-22-5-2-3-6-23(22)33-19-25(28)30/h2-3,5-10H,4,11-19H2,1H3. The summed E-state index contributed by atoms with van der Waals surface area (Å²) in [6, 6.07) is 15.1. The Hall–Kier alpha value is -3.10. The summed E-state index contributed by atoms with van der Waals surface area (Å²) in [4.78, 5) is 31.7. The van der Waals surface area contributed by atoms with Crippen LogP contribution in [0.25, 0.3) is 0 Å². The zero-order valence-electron chi connectivity index (χ0n) is 19.1. The van der Waals surface area contributed by atoms with Gasteiger partial charge in [0.25, 0.3) is 5.91 Å². The fraction of sp³-hybridized carbons (Fsp3) is 0.440. The largest absolute Gasteiger partial charge is 0.497 e. The number of ether oxygens (including phenoxy) is 3. The highest BCUT2D eigenvalue weighted by Crippen LogP contribution is 2.31. The number of amides is 2. The molecule has 2 aromatic carbocycles. The van der Waals surface area contributed by atoms with Crippen molar-refractivity contribution in [2.75, 3.05) is 64.6 Å². The van der Waals surface area contributed by atoms with Gasteiger partial charge in [-0.15, -0.1) is 0 Å². The van der Waals surface area contributed by atoms with E-state index in [-0.39, 0.29) is 25.0 Å². The van der Waals surface area contributed by atoms with Crippen LogP contribution in [0.5, 0.6) is 11.5 Å². The first-order valence-electron chi connectivity index (χ1n) is 11.4. The number of morpholine rings is 1. The Morgan fingerprint density at radius 3 is 2.61 bits per heavy atom. The summed E-state index contributed by atoms with van der Waals surface area (Å²) in [7, 11) is 1.63. The number of carbonyl (C=O) groups excluding carboxylic acids is 2. The molecule has 176 valence electrons. The maximum absolute atomic E-state index is 13.4. The van der Waals surface area contributed by atoms with Gasteiger partial charge in [-0.2, -0.15) is 0 Å². The molecule has 0 N–H and O–H groups in total. The van der Waals surface area contributed by atoms with Gasteiger partial charge in [-0.05, 0) is 36.2 Å². The van der Waals surface area contributed by atoms with Gasteiger partial charge in [-0.25, -0.2) is 0 Å². The number of benzene rings is 2. The molecule has 33 heavy (non-hydrogen) atoms. The van der Waals surface area contributed by atoms with E-state index in [2.05, 4.69) is 4.90 Å². The minimum atomic E-state index is -0.209. The van der Waals surface area contributed by atoms with Gasteiger partial charge in [0.15, 0.2) is 6.61 Å². The summed E-state index contributed by atoms with van der Waals surface area (Å²) in [6.07, 6.45) is 0.857. The molecule has 0 aromatic heterocycles. The van der Waals surface area contributed by atoms with E-state index < -0.39 is 0 Å². The number of carbonyl (C=O) groups is 2. The average Bonchev–Trinajstić information content (AvgIpc) is 2.86. The van der Waals surface area contributed by atoms with Crippen LogP contribution in [-0.4, -0.2) is 81.3 Å². The second-order valence-corrected chi connectivity index (χ2v) is 8.21. The van der Waals surface area contributed by atoms with Gasteiger partial charge in [0.2, 0.25) is 5.91 Å². The number of anilines is 1. The minimum absolute atomic E-state index is 0.00703. The fourth-order valence-corrected chi connectivity index (χ4v) is 4.12. The highest BCUT2D eigenvalue weighted by Gasteiger charge is 2.28. The second kappa shape index (κ2) is 11.2. The van der Waals surface area contributed by atoms with Gasteiger partial charge in [-0.3, -0.25) is 19.4 Å². The van der Waals surface area contributed by atoms with E-state index in [1.807, 2.05) is 53.4 Å². The number of fused-ring (bicyclic) bond motifs is 1. The summed E-state index contributed by atoms with van der Waals surface area (Å²) in [5.74, 6) is 1.11. The molecule has 2 amide bonds. The Morgan fingerprint density at radius 1 is 1.09 bits per heavy atom. The third-order valence-electron chi connectivity index (χ3n) is 5.99. The SMILES string of the molecule is COc1ccc(CN(CCCN2CCOCC2)C(=O)CN2C(=O)COc3ccccc32)cc1. The Bertz CT molecular complexity index is 943. The highest BCUT2D eigenvalue weighted by molar-refractivity contribution is 6.02. The number of para-hydroxylation sites is 2. The zero-order valence-corrected chi connectivity index (χ0v) is 19.1.